The molecule has 0 heterocycles. The Morgan fingerprint density at radius 2 is 2.00 bits per heavy atom. The average molecular weight is 232 g/mol. The van der Waals surface area contributed by atoms with Gasteiger partial charge < -0.3 is 10.4 Å². The molecule has 0 aromatic rings. The standard InChI is InChI=1S/C10H14ClNO3/c1-6(11)5-12-9(13)7-2-3-8(4-7)10(14)15/h7-8H,1-5H2,(H,12,13)(H,14,15). The Labute approximate surface area is 93.3 Å². The number of hydrogen-bond donors (Lipinski definition) is 2. The second-order valence-electron chi connectivity index (χ2n) is 3.78. The summed E-state index contributed by atoms with van der Waals surface area (Å²) in [6.45, 7) is 3.70. The van der Waals surface area contributed by atoms with Crippen molar-refractivity contribution in [1.82, 2.24) is 5.32 Å². The molecule has 15 heavy (non-hydrogen) atoms. The lowest BCUT2D eigenvalue weighted by Gasteiger charge is -2.09. The van der Waals surface area contributed by atoms with Crippen LogP contribution in [0.2, 0.25) is 0 Å². The minimum absolute atomic E-state index is 0.124. The highest BCUT2D eigenvalue weighted by Crippen LogP contribution is 2.31. The molecule has 2 atom stereocenters. The van der Waals surface area contributed by atoms with Crippen molar-refractivity contribution in [3.05, 3.63) is 11.6 Å². The number of halogens is 1. The summed E-state index contributed by atoms with van der Waals surface area (Å²) in [6.07, 6.45) is 1.64. The monoisotopic (exact) mass is 231 g/mol. The molecule has 1 saturated carbocycles. The van der Waals surface area contributed by atoms with Gasteiger partial charge in [-0.3, -0.25) is 9.59 Å². The topological polar surface area (TPSA) is 66.4 Å². The molecule has 5 heteroatoms. The highest BCUT2D eigenvalue weighted by molar-refractivity contribution is 6.29. The smallest absolute Gasteiger partial charge is 0.306 e. The van der Waals surface area contributed by atoms with Gasteiger partial charge in [0.25, 0.3) is 0 Å². The molecule has 0 aromatic heterocycles. The summed E-state index contributed by atoms with van der Waals surface area (Å²) in [5, 5.41) is 11.8. The zero-order valence-corrected chi connectivity index (χ0v) is 9.09. The number of carbonyl (C=O) groups is 2. The van der Waals surface area contributed by atoms with Gasteiger partial charge in [0.2, 0.25) is 5.91 Å². The van der Waals surface area contributed by atoms with Crippen LogP contribution in [0.5, 0.6) is 0 Å². The van der Waals surface area contributed by atoms with E-state index in [0.29, 0.717) is 24.3 Å². The van der Waals surface area contributed by atoms with E-state index >= 15 is 0 Å². The number of carboxylic acid groups (broad SMARTS) is 1. The Hall–Kier alpha value is -1.03. The first-order chi connectivity index (χ1) is 7.00. The Morgan fingerprint density at radius 3 is 2.47 bits per heavy atom. The van der Waals surface area contributed by atoms with Crippen molar-refractivity contribution in [1.29, 1.82) is 0 Å². The van der Waals surface area contributed by atoms with Crippen LogP contribution in [-0.2, 0) is 9.59 Å². The quantitative estimate of drug-likeness (QED) is 0.768. The van der Waals surface area contributed by atoms with E-state index in [9.17, 15) is 9.59 Å². The molecule has 0 saturated heterocycles. The number of carboxylic acids is 1. The van der Waals surface area contributed by atoms with Crippen molar-refractivity contribution in [2.45, 2.75) is 19.3 Å². The van der Waals surface area contributed by atoms with Gasteiger partial charge in [-0.2, -0.15) is 0 Å². The van der Waals surface area contributed by atoms with Crippen molar-refractivity contribution in [3.8, 4) is 0 Å². The molecule has 1 fully saturated rings. The summed E-state index contributed by atoms with van der Waals surface area (Å²) in [4.78, 5) is 22.2. The number of rotatable bonds is 4. The SMILES string of the molecule is C=C(Cl)CNC(=O)C1CCC(C(=O)O)C1. The van der Waals surface area contributed by atoms with Crippen LogP contribution in [0.4, 0.5) is 0 Å². The minimum atomic E-state index is -0.813. The molecule has 84 valence electrons. The molecular formula is C10H14ClNO3. The molecule has 0 radical (unpaired) electrons. The third-order valence-electron chi connectivity index (χ3n) is 2.61. The third-order valence-corrected chi connectivity index (χ3v) is 2.74. The number of carbonyl (C=O) groups excluding carboxylic acids is 1. The average Bonchev–Trinajstić information content (AvgIpc) is 2.62. The first kappa shape index (κ1) is 12.0. The van der Waals surface area contributed by atoms with Crippen LogP contribution in [0, 0.1) is 11.8 Å². The van der Waals surface area contributed by atoms with Crippen LogP contribution in [-0.4, -0.2) is 23.5 Å². The van der Waals surface area contributed by atoms with E-state index in [1.165, 1.54) is 0 Å². The summed E-state index contributed by atoms with van der Waals surface area (Å²) >= 11 is 5.50. The first-order valence-corrected chi connectivity index (χ1v) is 5.22. The fourth-order valence-electron chi connectivity index (χ4n) is 1.77. The molecule has 1 amide bonds. The highest BCUT2D eigenvalue weighted by Gasteiger charge is 2.33. The lowest BCUT2D eigenvalue weighted by Crippen LogP contribution is -2.30. The fraction of sp³-hybridized carbons (Fsp3) is 0.600. The normalized spacial score (nSPS) is 24.9. The highest BCUT2D eigenvalue weighted by atomic mass is 35.5. The second-order valence-corrected chi connectivity index (χ2v) is 4.31. The summed E-state index contributed by atoms with van der Waals surface area (Å²) in [5.41, 5.74) is 0. The number of hydrogen-bond acceptors (Lipinski definition) is 2. The fourth-order valence-corrected chi connectivity index (χ4v) is 1.84. The maximum Gasteiger partial charge on any atom is 0.306 e. The lowest BCUT2D eigenvalue weighted by molar-refractivity contribution is -0.141. The molecule has 1 rings (SSSR count). The zero-order chi connectivity index (χ0) is 11.4. The van der Waals surface area contributed by atoms with E-state index < -0.39 is 5.97 Å². The summed E-state index contributed by atoms with van der Waals surface area (Å²) in [6, 6.07) is 0. The number of nitrogens with one attached hydrogen (secondary N) is 1. The largest absolute Gasteiger partial charge is 0.481 e. The van der Waals surface area contributed by atoms with Crippen molar-refractivity contribution in [3.63, 3.8) is 0 Å². The van der Waals surface area contributed by atoms with Crippen LogP contribution in [0.25, 0.3) is 0 Å². The van der Waals surface area contributed by atoms with E-state index in [1.807, 2.05) is 0 Å². The third kappa shape index (κ3) is 3.55. The zero-order valence-electron chi connectivity index (χ0n) is 8.33. The van der Waals surface area contributed by atoms with Crippen molar-refractivity contribution < 1.29 is 14.7 Å². The molecule has 1 aliphatic rings. The maximum atomic E-state index is 11.5. The van der Waals surface area contributed by atoms with Gasteiger partial charge in [-0.15, -0.1) is 0 Å². The van der Waals surface area contributed by atoms with Crippen LogP contribution >= 0.6 is 11.6 Å². The van der Waals surface area contributed by atoms with Gasteiger partial charge in [0, 0.05) is 11.0 Å². The molecule has 0 bridgehead atoms. The Balaban J connectivity index is 2.36. The molecular weight excluding hydrogens is 218 g/mol. The van der Waals surface area contributed by atoms with E-state index in [4.69, 9.17) is 16.7 Å². The number of aliphatic carboxylic acids is 1. The minimum Gasteiger partial charge on any atom is -0.481 e. The van der Waals surface area contributed by atoms with Gasteiger partial charge in [-0.25, -0.2) is 0 Å². The Kier molecular flexibility index (Phi) is 4.15. The Bertz CT molecular complexity index is 290. The van der Waals surface area contributed by atoms with Crippen LogP contribution < -0.4 is 5.32 Å². The molecule has 4 nitrogen and oxygen atoms in total. The molecule has 0 aliphatic heterocycles. The number of amides is 1. The van der Waals surface area contributed by atoms with Crippen LogP contribution in [0.3, 0.4) is 0 Å². The van der Waals surface area contributed by atoms with Crippen molar-refractivity contribution >= 4 is 23.5 Å². The maximum absolute atomic E-state index is 11.5. The predicted molar refractivity (Wildman–Crippen MR) is 56.5 cm³/mol. The van der Waals surface area contributed by atoms with Crippen molar-refractivity contribution in [2.24, 2.45) is 11.8 Å². The van der Waals surface area contributed by atoms with E-state index in [1.54, 1.807) is 0 Å². The van der Waals surface area contributed by atoms with Gasteiger partial charge in [0.05, 0.1) is 12.5 Å². The second kappa shape index (κ2) is 5.16. The molecule has 0 spiro atoms. The molecule has 2 N–H and O–H groups in total. The van der Waals surface area contributed by atoms with Crippen LogP contribution in [0.1, 0.15) is 19.3 Å². The first-order valence-electron chi connectivity index (χ1n) is 4.84. The van der Waals surface area contributed by atoms with E-state index in [0.717, 1.165) is 0 Å². The molecule has 2 unspecified atom stereocenters. The molecule has 0 aromatic carbocycles. The van der Waals surface area contributed by atoms with Crippen LogP contribution in [0.15, 0.2) is 11.6 Å². The van der Waals surface area contributed by atoms with E-state index in [-0.39, 0.29) is 24.3 Å². The van der Waals surface area contributed by atoms with Gasteiger partial charge >= 0.3 is 5.97 Å². The summed E-state index contributed by atoms with van der Waals surface area (Å²) in [7, 11) is 0. The predicted octanol–water partition coefficient (Wildman–Crippen LogP) is 1.36. The summed E-state index contributed by atoms with van der Waals surface area (Å²) in [5.74, 6) is -1.50. The summed E-state index contributed by atoms with van der Waals surface area (Å²) < 4.78 is 0. The van der Waals surface area contributed by atoms with Gasteiger partial charge in [-0.05, 0) is 19.3 Å². The Morgan fingerprint density at radius 1 is 1.40 bits per heavy atom. The molecule has 1 aliphatic carbocycles. The van der Waals surface area contributed by atoms with Gasteiger partial charge in [0.1, 0.15) is 0 Å². The van der Waals surface area contributed by atoms with E-state index in [2.05, 4.69) is 11.9 Å². The van der Waals surface area contributed by atoms with Crippen molar-refractivity contribution in [2.75, 3.05) is 6.54 Å². The lowest BCUT2D eigenvalue weighted by atomic mass is 10.0. The van der Waals surface area contributed by atoms with Gasteiger partial charge in [-0.1, -0.05) is 18.2 Å². The van der Waals surface area contributed by atoms with Gasteiger partial charge in [0.15, 0.2) is 0 Å².